The molecule has 0 spiro atoms. The van der Waals surface area contributed by atoms with Gasteiger partial charge < -0.3 is 19.5 Å². The van der Waals surface area contributed by atoms with Crippen molar-refractivity contribution in [2.45, 2.75) is 32.2 Å². The predicted octanol–water partition coefficient (Wildman–Crippen LogP) is 2.62. The van der Waals surface area contributed by atoms with E-state index in [1.807, 2.05) is 12.1 Å². The first-order valence-corrected chi connectivity index (χ1v) is 10.00. The van der Waals surface area contributed by atoms with Crippen molar-refractivity contribution in [2.24, 2.45) is 11.8 Å². The van der Waals surface area contributed by atoms with Crippen molar-refractivity contribution in [1.82, 2.24) is 9.80 Å². The third kappa shape index (κ3) is 4.90. The van der Waals surface area contributed by atoms with E-state index in [0.29, 0.717) is 11.8 Å². The van der Waals surface area contributed by atoms with E-state index in [1.165, 1.54) is 44.3 Å². The molecule has 0 saturated carbocycles. The van der Waals surface area contributed by atoms with E-state index in [0.717, 1.165) is 37.7 Å². The predicted molar refractivity (Wildman–Crippen MR) is 104 cm³/mol. The maximum atomic E-state index is 9.89. The summed E-state index contributed by atoms with van der Waals surface area (Å²) in [7, 11) is 3.38. The number of ether oxygens (including phenoxy) is 2. The Morgan fingerprint density at radius 3 is 2.35 bits per heavy atom. The number of benzene rings is 1. The van der Waals surface area contributed by atoms with Gasteiger partial charge in [0.2, 0.25) is 0 Å². The molecule has 2 atom stereocenters. The molecule has 26 heavy (non-hydrogen) atoms. The lowest BCUT2D eigenvalue weighted by Crippen LogP contribution is -2.34. The van der Waals surface area contributed by atoms with E-state index < -0.39 is 0 Å². The summed E-state index contributed by atoms with van der Waals surface area (Å²) in [6, 6.07) is 6.03. The standard InChI is InChI=1S/C21H34N2O3/c1-25-20-8-7-17(21(11-20)26-2)12-23-14-18(19(15-23)16-24)13-22-9-5-3-4-6-10-22/h7-8,11,18-19,24H,3-6,9-10,12-16H2,1-2H3/t18-,19-/m1/s1. The number of likely N-dealkylation sites (tertiary alicyclic amines) is 2. The van der Waals surface area contributed by atoms with E-state index in [1.54, 1.807) is 14.2 Å². The maximum Gasteiger partial charge on any atom is 0.127 e. The second-order valence-corrected chi connectivity index (χ2v) is 7.79. The van der Waals surface area contributed by atoms with Crippen molar-refractivity contribution < 1.29 is 14.6 Å². The molecule has 5 nitrogen and oxygen atoms in total. The Morgan fingerprint density at radius 1 is 0.962 bits per heavy atom. The van der Waals surface area contributed by atoms with Gasteiger partial charge in [-0.05, 0) is 43.8 Å². The SMILES string of the molecule is COc1ccc(CN2C[C@@H](CN3CCCCCC3)[C@@H](CO)C2)c(OC)c1. The number of aliphatic hydroxyl groups is 1. The van der Waals surface area contributed by atoms with E-state index in [-0.39, 0.29) is 6.61 Å². The van der Waals surface area contributed by atoms with Crippen LogP contribution in [0.15, 0.2) is 18.2 Å². The van der Waals surface area contributed by atoms with Gasteiger partial charge in [0, 0.05) is 44.4 Å². The molecule has 2 aliphatic rings. The molecule has 2 fully saturated rings. The normalized spacial score (nSPS) is 25.2. The van der Waals surface area contributed by atoms with Gasteiger partial charge in [-0.2, -0.15) is 0 Å². The Kier molecular flexibility index (Phi) is 7.17. The first-order valence-electron chi connectivity index (χ1n) is 10.00. The fraction of sp³-hybridized carbons (Fsp3) is 0.714. The summed E-state index contributed by atoms with van der Waals surface area (Å²) in [6.07, 6.45) is 5.38. The topological polar surface area (TPSA) is 45.2 Å². The van der Waals surface area contributed by atoms with Gasteiger partial charge in [-0.15, -0.1) is 0 Å². The minimum absolute atomic E-state index is 0.286. The Morgan fingerprint density at radius 2 is 1.69 bits per heavy atom. The maximum absolute atomic E-state index is 9.89. The number of aliphatic hydroxyl groups excluding tert-OH is 1. The van der Waals surface area contributed by atoms with Crippen LogP contribution >= 0.6 is 0 Å². The molecule has 0 unspecified atom stereocenters. The zero-order chi connectivity index (χ0) is 18.4. The van der Waals surface area contributed by atoms with E-state index in [9.17, 15) is 5.11 Å². The number of hydrogen-bond donors (Lipinski definition) is 1. The summed E-state index contributed by atoms with van der Waals surface area (Å²) >= 11 is 0. The number of hydrogen-bond acceptors (Lipinski definition) is 5. The van der Waals surface area contributed by atoms with Crippen molar-refractivity contribution >= 4 is 0 Å². The average Bonchev–Trinajstić information content (AvgIpc) is 2.86. The van der Waals surface area contributed by atoms with Crippen LogP contribution in [0.5, 0.6) is 11.5 Å². The molecule has 0 radical (unpaired) electrons. The Balaban J connectivity index is 1.61. The van der Waals surface area contributed by atoms with Crippen LogP contribution in [0.1, 0.15) is 31.2 Å². The summed E-state index contributed by atoms with van der Waals surface area (Å²) in [5, 5.41) is 9.89. The number of rotatable bonds is 7. The number of nitrogens with zero attached hydrogens (tertiary/aromatic N) is 2. The van der Waals surface area contributed by atoms with Gasteiger partial charge in [0.25, 0.3) is 0 Å². The van der Waals surface area contributed by atoms with Gasteiger partial charge in [0.05, 0.1) is 14.2 Å². The molecule has 2 heterocycles. The molecule has 0 amide bonds. The summed E-state index contributed by atoms with van der Waals surface area (Å²) in [5.74, 6) is 2.63. The van der Waals surface area contributed by atoms with Gasteiger partial charge in [0.15, 0.2) is 0 Å². The molecule has 3 rings (SSSR count). The molecule has 1 aromatic carbocycles. The lowest BCUT2D eigenvalue weighted by molar-refractivity contribution is 0.165. The zero-order valence-corrected chi connectivity index (χ0v) is 16.3. The molecule has 1 N–H and O–H groups in total. The van der Waals surface area contributed by atoms with Crippen LogP contribution in [-0.4, -0.2) is 68.5 Å². The first-order chi connectivity index (χ1) is 12.7. The summed E-state index contributed by atoms with van der Waals surface area (Å²) < 4.78 is 10.8. The van der Waals surface area contributed by atoms with Crippen molar-refractivity contribution in [1.29, 1.82) is 0 Å². The van der Waals surface area contributed by atoms with Crippen molar-refractivity contribution in [2.75, 3.05) is 53.6 Å². The molecular formula is C21H34N2O3. The van der Waals surface area contributed by atoms with Crippen LogP contribution < -0.4 is 9.47 Å². The summed E-state index contributed by atoms with van der Waals surface area (Å²) in [4.78, 5) is 5.09. The lowest BCUT2D eigenvalue weighted by atomic mass is 9.96. The second-order valence-electron chi connectivity index (χ2n) is 7.79. The monoisotopic (exact) mass is 362 g/mol. The molecule has 1 aromatic rings. The van der Waals surface area contributed by atoms with Gasteiger partial charge in [-0.25, -0.2) is 0 Å². The highest BCUT2D eigenvalue weighted by Crippen LogP contribution is 2.30. The first kappa shape index (κ1) is 19.5. The highest BCUT2D eigenvalue weighted by Gasteiger charge is 2.33. The van der Waals surface area contributed by atoms with Crippen LogP contribution in [-0.2, 0) is 6.54 Å². The van der Waals surface area contributed by atoms with E-state index in [4.69, 9.17) is 9.47 Å². The molecule has 146 valence electrons. The van der Waals surface area contributed by atoms with Gasteiger partial charge in [-0.3, -0.25) is 4.90 Å². The minimum Gasteiger partial charge on any atom is -0.497 e. The largest absolute Gasteiger partial charge is 0.497 e. The zero-order valence-electron chi connectivity index (χ0n) is 16.3. The molecule has 0 aliphatic carbocycles. The molecule has 5 heteroatoms. The van der Waals surface area contributed by atoms with Crippen LogP contribution in [0.2, 0.25) is 0 Å². The van der Waals surface area contributed by atoms with Crippen LogP contribution in [0.3, 0.4) is 0 Å². The molecule has 2 saturated heterocycles. The van der Waals surface area contributed by atoms with E-state index in [2.05, 4.69) is 15.9 Å². The molecule has 2 aliphatic heterocycles. The third-order valence-corrected chi connectivity index (χ3v) is 5.97. The fourth-order valence-corrected chi connectivity index (χ4v) is 4.45. The summed E-state index contributed by atoms with van der Waals surface area (Å²) in [6.45, 7) is 6.74. The lowest BCUT2D eigenvalue weighted by Gasteiger charge is -2.26. The average molecular weight is 363 g/mol. The quantitative estimate of drug-likeness (QED) is 0.808. The Hall–Kier alpha value is -1.30. The highest BCUT2D eigenvalue weighted by atomic mass is 16.5. The molecule has 0 aromatic heterocycles. The molecule has 0 bridgehead atoms. The Labute approximate surface area is 157 Å². The van der Waals surface area contributed by atoms with Crippen molar-refractivity contribution in [3.63, 3.8) is 0 Å². The smallest absolute Gasteiger partial charge is 0.127 e. The van der Waals surface area contributed by atoms with Gasteiger partial charge in [-0.1, -0.05) is 18.9 Å². The van der Waals surface area contributed by atoms with Crippen LogP contribution in [0.25, 0.3) is 0 Å². The minimum atomic E-state index is 0.286. The van der Waals surface area contributed by atoms with Crippen molar-refractivity contribution in [3.05, 3.63) is 23.8 Å². The highest BCUT2D eigenvalue weighted by molar-refractivity contribution is 5.40. The Bertz CT molecular complexity index is 558. The van der Waals surface area contributed by atoms with Crippen LogP contribution in [0.4, 0.5) is 0 Å². The van der Waals surface area contributed by atoms with Crippen LogP contribution in [0, 0.1) is 11.8 Å². The number of methoxy groups -OCH3 is 2. The van der Waals surface area contributed by atoms with E-state index >= 15 is 0 Å². The molecular weight excluding hydrogens is 328 g/mol. The van der Waals surface area contributed by atoms with Gasteiger partial charge >= 0.3 is 0 Å². The van der Waals surface area contributed by atoms with Gasteiger partial charge in [0.1, 0.15) is 11.5 Å². The second kappa shape index (κ2) is 9.58. The summed E-state index contributed by atoms with van der Waals surface area (Å²) in [5.41, 5.74) is 1.18. The third-order valence-electron chi connectivity index (χ3n) is 5.97. The van der Waals surface area contributed by atoms with Crippen molar-refractivity contribution in [3.8, 4) is 11.5 Å². The fourth-order valence-electron chi connectivity index (χ4n) is 4.45.